The number of amides is 1. The molecule has 5 atom stereocenters. The lowest BCUT2D eigenvalue weighted by atomic mass is 9.96. The average molecular weight is 252 g/mol. The molecule has 1 saturated carbocycles. The minimum Gasteiger partial charge on any atom is -0.323 e. The summed E-state index contributed by atoms with van der Waals surface area (Å²) in [5.74, 6) is 1.75. The predicted octanol–water partition coefficient (Wildman–Crippen LogP) is 2.76. The number of hydrogen-bond acceptors (Lipinski definition) is 2. The lowest BCUT2D eigenvalue weighted by Gasteiger charge is -2.32. The molecule has 0 spiro atoms. The minimum absolute atomic E-state index is 0.0723. The zero-order chi connectivity index (χ0) is 13.3. The van der Waals surface area contributed by atoms with E-state index in [1.54, 1.807) is 0 Å². The van der Waals surface area contributed by atoms with Gasteiger partial charge in [-0.25, -0.2) is 0 Å². The largest absolute Gasteiger partial charge is 0.323 e. The second kappa shape index (κ2) is 5.60. The first-order valence-corrected chi connectivity index (χ1v) is 7.64. The van der Waals surface area contributed by atoms with Crippen LogP contribution in [0.4, 0.5) is 0 Å². The standard InChI is InChI=1S/C15H28N2O/c1-5-6-7-13-15(18)17(12(4)16-13)14-9-8-10(2)11(14)3/h10-14,16H,5-9H2,1-4H3. The van der Waals surface area contributed by atoms with Crippen molar-refractivity contribution in [3.05, 3.63) is 0 Å². The molecule has 18 heavy (non-hydrogen) atoms. The van der Waals surface area contributed by atoms with E-state index in [1.807, 2.05) is 0 Å². The van der Waals surface area contributed by atoms with Gasteiger partial charge in [0, 0.05) is 6.04 Å². The zero-order valence-corrected chi connectivity index (χ0v) is 12.3. The molecule has 2 rings (SSSR count). The summed E-state index contributed by atoms with van der Waals surface area (Å²) in [7, 11) is 0. The number of carbonyl (C=O) groups excluding carboxylic acids is 1. The van der Waals surface area contributed by atoms with Gasteiger partial charge in [0.2, 0.25) is 5.91 Å². The minimum atomic E-state index is 0.0723. The summed E-state index contributed by atoms with van der Waals surface area (Å²) in [6.45, 7) is 8.94. The van der Waals surface area contributed by atoms with E-state index in [0.29, 0.717) is 17.9 Å². The molecule has 5 unspecified atom stereocenters. The van der Waals surface area contributed by atoms with Crippen molar-refractivity contribution in [1.29, 1.82) is 0 Å². The number of hydrogen-bond donors (Lipinski definition) is 1. The van der Waals surface area contributed by atoms with Crippen LogP contribution in [0.15, 0.2) is 0 Å². The summed E-state index contributed by atoms with van der Waals surface area (Å²) in [5.41, 5.74) is 0. The fourth-order valence-electron chi connectivity index (χ4n) is 3.61. The highest BCUT2D eigenvalue weighted by Gasteiger charge is 2.44. The first-order chi connectivity index (χ1) is 8.56. The van der Waals surface area contributed by atoms with Crippen LogP contribution in [0.1, 0.15) is 59.8 Å². The SMILES string of the molecule is CCCCC1NC(C)N(C2CCC(C)C2C)C1=O. The monoisotopic (exact) mass is 252 g/mol. The third kappa shape index (κ3) is 2.42. The third-order valence-corrected chi connectivity index (χ3v) is 5.04. The molecule has 0 radical (unpaired) electrons. The Hall–Kier alpha value is -0.570. The maximum absolute atomic E-state index is 12.5. The number of unbranched alkanes of at least 4 members (excludes halogenated alkanes) is 1. The third-order valence-electron chi connectivity index (χ3n) is 5.04. The number of carbonyl (C=O) groups is 1. The quantitative estimate of drug-likeness (QED) is 0.834. The molecule has 1 saturated heterocycles. The van der Waals surface area contributed by atoms with Crippen LogP contribution in [0, 0.1) is 11.8 Å². The maximum atomic E-state index is 12.5. The summed E-state index contributed by atoms with van der Waals surface area (Å²) in [4.78, 5) is 14.7. The van der Waals surface area contributed by atoms with Gasteiger partial charge in [-0.1, -0.05) is 33.6 Å². The highest BCUT2D eigenvalue weighted by molar-refractivity contribution is 5.84. The predicted molar refractivity (Wildman–Crippen MR) is 74.1 cm³/mol. The lowest BCUT2D eigenvalue weighted by molar-refractivity contribution is -0.132. The number of nitrogens with one attached hydrogen (secondary N) is 1. The molecule has 1 amide bonds. The molecule has 1 N–H and O–H groups in total. The van der Waals surface area contributed by atoms with Crippen LogP contribution in [-0.2, 0) is 4.79 Å². The maximum Gasteiger partial charge on any atom is 0.241 e. The topological polar surface area (TPSA) is 32.3 Å². The Bertz CT molecular complexity index is 305. The van der Waals surface area contributed by atoms with Crippen LogP contribution in [0.25, 0.3) is 0 Å². The van der Waals surface area contributed by atoms with E-state index in [0.717, 1.165) is 25.2 Å². The molecule has 1 aliphatic carbocycles. The Kier molecular flexibility index (Phi) is 4.31. The van der Waals surface area contributed by atoms with Crippen LogP contribution in [0.2, 0.25) is 0 Å². The van der Waals surface area contributed by atoms with E-state index in [1.165, 1.54) is 12.8 Å². The van der Waals surface area contributed by atoms with Gasteiger partial charge in [0.25, 0.3) is 0 Å². The molecule has 1 aliphatic heterocycles. The van der Waals surface area contributed by atoms with E-state index >= 15 is 0 Å². The Morgan fingerprint density at radius 3 is 2.56 bits per heavy atom. The molecule has 0 aromatic carbocycles. The first-order valence-electron chi connectivity index (χ1n) is 7.64. The van der Waals surface area contributed by atoms with Gasteiger partial charge in [0.05, 0.1) is 12.2 Å². The van der Waals surface area contributed by atoms with Crippen LogP contribution >= 0.6 is 0 Å². The first kappa shape index (κ1) is 13.9. The van der Waals surface area contributed by atoms with Crippen LogP contribution in [-0.4, -0.2) is 29.1 Å². The number of nitrogens with zero attached hydrogens (tertiary/aromatic N) is 1. The van der Waals surface area contributed by atoms with Crippen LogP contribution < -0.4 is 5.32 Å². The highest BCUT2D eigenvalue weighted by Crippen LogP contribution is 2.37. The molecule has 3 nitrogen and oxygen atoms in total. The zero-order valence-electron chi connectivity index (χ0n) is 12.3. The Morgan fingerprint density at radius 1 is 1.28 bits per heavy atom. The summed E-state index contributed by atoms with van der Waals surface area (Å²) in [5, 5.41) is 3.48. The second-order valence-corrected chi connectivity index (χ2v) is 6.26. The Morgan fingerprint density at radius 2 is 2.00 bits per heavy atom. The van der Waals surface area contributed by atoms with Crippen LogP contribution in [0.3, 0.4) is 0 Å². The molecule has 0 aromatic rings. The highest BCUT2D eigenvalue weighted by atomic mass is 16.2. The van der Waals surface area contributed by atoms with E-state index in [2.05, 4.69) is 37.9 Å². The summed E-state index contributed by atoms with van der Waals surface area (Å²) in [6.07, 6.45) is 5.96. The van der Waals surface area contributed by atoms with Gasteiger partial charge in [-0.2, -0.15) is 0 Å². The molecule has 0 bridgehead atoms. The fourth-order valence-corrected chi connectivity index (χ4v) is 3.61. The van der Waals surface area contributed by atoms with Crippen molar-refractivity contribution < 1.29 is 4.79 Å². The number of rotatable bonds is 4. The van der Waals surface area contributed by atoms with Crippen molar-refractivity contribution in [2.24, 2.45) is 11.8 Å². The van der Waals surface area contributed by atoms with Crippen molar-refractivity contribution >= 4 is 5.91 Å². The van der Waals surface area contributed by atoms with Crippen molar-refractivity contribution in [1.82, 2.24) is 10.2 Å². The lowest BCUT2D eigenvalue weighted by Crippen LogP contribution is -2.44. The molecule has 104 valence electrons. The van der Waals surface area contributed by atoms with Crippen LogP contribution in [0.5, 0.6) is 0 Å². The van der Waals surface area contributed by atoms with E-state index in [-0.39, 0.29) is 12.2 Å². The van der Waals surface area contributed by atoms with E-state index < -0.39 is 0 Å². The molecule has 2 aliphatic rings. The normalized spacial score (nSPS) is 40.8. The van der Waals surface area contributed by atoms with Gasteiger partial charge < -0.3 is 4.90 Å². The van der Waals surface area contributed by atoms with Gasteiger partial charge >= 0.3 is 0 Å². The van der Waals surface area contributed by atoms with E-state index in [4.69, 9.17) is 0 Å². The molecule has 2 fully saturated rings. The average Bonchev–Trinajstić information content (AvgIpc) is 2.80. The van der Waals surface area contributed by atoms with Crippen molar-refractivity contribution in [2.45, 2.75) is 78.0 Å². The van der Waals surface area contributed by atoms with Gasteiger partial charge in [-0.3, -0.25) is 10.1 Å². The van der Waals surface area contributed by atoms with Crippen molar-refractivity contribution in [3.63, 3.8) is 0 Å². The smallest absolute Gasteiger partial charge is 0.241 e. The fraction of sp³-hybridized carbons (Fsp3) is 0.933. The van der Waals surface area contributed by atoms with Crippen molar-refractivity contribution in [3.8, 4) is 0 Å². The molecule has 3 heteroatoms. The second-order valence-electron chi connectivity index (χ2n) is 6.26. The summed E-state index contributed by atoms with van der Waals surface area (Å²) in [6, 6.07) is 0.532. The molecule has 0 aromatic heterocycles. The summed E-state index contributed by atoms with van der Waals surface area (Å²) >= 11 is 0. The van der Waals surface area contributed by atoms with Gasteiger partial charge in [0.15, 0.2) is 0 Å². The van der Waals surface area contributed by atoms with Crippen molar-refractivity contribution in [2.75, 3.05) is 0 Å². The van der Waals surface area contributed by atoms with Gasteiger partial charge in [0.1, 0.15) is 0 Å². The molecular formula is C15H28N2O. The molecular weight excluding hydrogens is 224 g/mol. The summed E-state index contributed by atoms with van der Waals surface area (Å²) < 4.78 is 0. The molecule has 1 heterocycles. The van der Waals surface area contributed by atoms with E-state index in [9.17, 15) is 4.79 Å². The van der Waals surface area contributed by atoms with Gasteiger partial charge in [-0.15, -0.1) is 0 Å². The van der Waals surface area contributed by atoms with Gasteiger partial charge in [-0.05, 0) is 38.0 Å². The Labute approximate surface area is 111 Å². The Balaban J connectivity index is 2.03.